The standard InChI is InChI=1S/C16H17ClN4O2/c1-20-10-8-13(15(20)11-4-6-12(17)7-5-11)19-16-14(21(22)23)3-2-9-18-16/h2-7,9,13,15H,8,10H2,1H3,(H,18,19). The minimum Gasteiger partial charge on any atom is -0.360 e. The molecule has 3 rings (SSSR count). The van der Waals surface area contributed by atoms with Gasteiger partial charge in [0.1, 0.15) is 0 Å². The Bertz CT molecular complexity index is 707. The van der Waals surface area contributed by atoms with E-state index < -0.39 is 4.92 Å². The molecule has 0 amide bonds. The first kappa shape index (κ1) is 15.7. The van der Waals surface area contributed by atoms with Crippen molar-refractivity contribution in [1.82, 2.24) is 9.88 Å². The second kappa shape index (κ2) is 6.52. The van der Waals surface area contributed by atoms with E-state index in [1.165, 1.54) is 6.07 Å². The van der Waals surface area contributed by atoms with Crippen LogP contribution in [0.1, 0.15) is 18.0 Å². The van der Waals surface area contributed by atoms with Crippen molar-refractivity contribution >= 4 is 23.1 Å². The van der Waals surface area contributed by atoms with Crippen molar-refractivity contribution in [3.05, 3.63) is 63.3 Å². The molecular formula is C16H17ClN4O2. The van der Waals surface area contributed by atoms with Gasteiger partial charge in [0.2, 0.25) is 5.82 Å². The Kier molecular flexibility index (Phi) is 4.45. The predicted molar refractivity (Wildman–Crippen MR) is 89.7 cm³/mol. The first-order chi connectivity index (χ1) is 11.1. The number of benzene rings is 1. The predicted octanol–water partition coefficient (Wildman–Crippen LogP) is 3.50. The Morgan fingerprint density at radius 2 is 2.09 bits per heavy atom. The van der Waals surface area contributed by atoms with E-state index in [4.69, 9.17) is 11.6 Å². The highest BCUT2D eigenvalue weighted by atomic mass is 35.5. The number of rotatable bonds is 4. The number of anilines is 1. The van der Waals surface area contributed by atoms with Crippen molar-refractivity contribution < 1.29 is 4.92 Å². The first-order valence-electron chi connectivity index (χ1n) is 7.38. The molecule has 7 heteroatoms. The van der Waals surface area contributed by atoms with Gasteiger partial charge in [-0.05, 0) is 37.2 Å². The molecule has 1 aromatic heterocycles. The van der Waals surface area contributed by atoms with E-state index in [9.17, 15) is 10.1 Å². The quantitative estimate of drug-likeness (QED) is 0.685. The number of nitro groups is 1. The van der Waals surface area contributed by atoms with Crippen LogP contribution in [0.15, 0.2) is 42.6 Å². The van der Waals surface area contributed by atoms with Gasteiger partial charge in [-0.1, -0.05) is 23.7 Å². The van der Waals surface area contributed by atoms with E-state index >= 15 is 0 Å². The van der Waals surface area contributed by atoms with Crippen LogP contribution >= 0.6 is 11.6 Å². The fourth-order valence-corrected chi connectivity index (χ4v) is 3.20. The highest BCUT2D eigenvalue weighted by Gasteiger charge is 2.34. The maximum atomic E-state index is 11.1. The number of likely N-dealkylation sites (N-methyl/N-ethyl adjacent to an activating group) is 1. The highest BCUT2D eigenvalue weighted by molar-refractivity contribution is 6.30. The Balaban J connectivity index is 1.87. The van der Waals surface area contributed by atoms with Gasteiger partial charge in [0.25, 0.3) is 0 Å². The summed E-state index contributed by atoms with van der Waals surface area (Å²) < 4.78 is 0. The Hall–Kier alpha value is -2.18. The third kappa shape index (κ3) is 3.28. The van der Waals surface area contributed by atoms with Gasteiger partial charge in [0, 0.05) is 29.9 Å². The zero-order valence-electron chi connectivity index (χ0n) is 12.6. The molecule has 2 aromatic rings. The Morgan fingerprint density at radius 3 is 2.78 bits per heavy atom. The molecule has 2 heterocycles. The molecule has 120 valence electrons. The lowest BCUT2D eigenvalue weighted by atomic mass is 10.00. The van der Waals surface area contributed by atoms with Gasteiger partial charge in [-0.3, -0.25) is 15.0 Å². The second-order valence-corrected chi connectivity index (χ2v) is 6.08. The molecule has 0 bridgehead atoms. The monoisotopic (exact) mass is 332 g/mol. The molecule has 1 aliphatic heterocycles. The summed E-state index contributed by atoms with van der Waals surface area (Å²) in [6.07, 6.45) is 2.45. The van der Waals surface area contributed by atoms with Crippen LogP contribution in [0.2, 0.25) is 5.02 Å². The maximum absolute atomic E-state index is 11.1. The highest BCUT2D eigenvalue weighted by Crippen LogP contribution is 2.34. The number of nitrogens with zero attached hydrogens (tertiary/aromatic N) is 3. The Morgan fingerprint density at radius 1 is 1.35 bits per heavy atom. The zero-order chi connectivity index (χ0) is 16.4. The topological polar surface area (TPSA) is 71.3 Å². The molecule has 23 heavy (non-hydrogen) atoms. The molecule has 1 aliphatic rings. The fraction of sp³-hybridized carbons (Fsp3) is 0.312. The molecule has 0 aliphatic carbocycles. The summed E-state index contributed by atoms with van der Waals surface area (Å²) in [5.41, 5.74) is 1.13. The summed E-state index contributed by atoms with van der Waals surface area (Å²) >= 11 is 5.96. The number of halogens is 1. The van der Waals surface area contributed by atoms with Crippen LogP contribution < -0.4 is 5.32 Å². The van der Waals surface area contributed by atoms with Crippen molar-refractivity contribution in [2.24, 2.45) is 0 Å². The van der Waals surface area contributed by atoms with E-state index in [1.54, 1.807) is 12.3 Å². The van der Waals surface area contributed by atoms with Crippen LogP contribution in [-0.2, 0) is 0 Å². The second-order valence-electron chi connectivity index (χ2n) is 5.64. The van der Waals surface area contributed by atoms with Crippen LogP contribution in [0.3, 0.4) is 0 Å². The van der Waals surface area contributed by atoms with Crippen LogP contribution in [-0.4, -0.2) is 34.4 Å². The summed E-state index contributed by atoms with van der Waals surface area (Å²) in [5, 5.41) is 15.1. The van der Waals surface area contributed by atoms with Crippen LogP contribution in [0, 0.1) is 10.1 Å². The molecule has 0 saturated carbocycles. The van der Waals surface area contributed by atoms with Crippen molar-refractivity contribution in [2.45, 2.75) is 18.5 Å². The molecule has 1 N–H and O–H groups in total. The average Bonchev–Trinajstić information content (AvgIpc) is 2.89. The van der Waals surface area contributed by atoms with Gasteiger partial charge in [0.15, 0.2) is 0 Å². The van der Waals surface area contributed by atoms with Crippen LogP contribution in [0.25, 0.3) is 0 Å². The number of nitrogens with one attached hydrogen (secondary N) is 1. The normalized spacial score (nSPS) is 21.3. The van der Waals surface area contributed by atoms with E-state index in [1.807, 2.05) is 31.3 Å². The summed E-state index contributed by atoms with van der Waals surface area (Å²) in [6, 6.07) is 10.9. The van der Waals surface area contributed by atoms with Crippen molar-refractivity contribution in [3.63, 3.8) is 0 Å². The molecule has 6 nitrogen and oxygen atoms in total. The lowest BCUT2D eigenvalue weighted by Crippen LogP contribution is -2.29. The maximum Gasteiger partial charge on any atom is 0.311 e. The number of pyridine rings is 1. The molecule has 1 fully saturated rings. The minimum atomic E-state index is -0.411. The number of aromatic nitrogens is 1. The Labute approximate surface area is 139 Å². The number of likely N-dealkylation sites (tertiary alicyclic amines) is 1. The van der Waals surface area contributed by atoms with Crippen molar-refractivity contribution in [3.8, 4) is 0 Å². The largest absolute Gasteiger partial charge is 0.360 e. The summed E-state index contributed by atoms with van der Waals surface area (Å²) in [4.78, 5) is 17.1. The molecule has 2 unspecified atom stereocenters. The number of hydrogen-bond acceptors (Lipinski definition) is 5. The lowest BCUT2D eigenvalue weighted by Gasteiger charge is -2.26. The zero-order valence-corrected chi connectivity index (χ0v) is 13.4. The van der Waals surface area contributed by atoms with Gasteiger partial charge in [-0.25, -0.2) is 4.98 Å². The summed E-state index contributed by atoms with van der Waals surface area (Å²) in [7, 11) is 2.05. The number of hydrogen-bond donors (Lipinski definition) is 1. The molecular weight excluding hydrogens is 316 g/mol. The summed E-state index contributed by atoms with van der Waals surface area (Å²) in [6.45, 7) is 0.908. The third-order valence-electron chi connectivity index (χ3n) is 4.17. The van der Waals surface area contributed by atoms with Gasteiger partial charge in [0.05, 0.1) is 11.0 Å². The summed E-state index contributed by atoms with van der Waals surface area (Å²) in [5.74, 6) is 0.316. The van der Waals surface area contributed by atoms with Gasteiger partial charge in [-0.15, -0.1) is 0 Å². The molecule has 2 atom stereocenters. The van der Waals surface area contributed by atoms with Crippen LogP contribution in [0.4, 0.5) is 11.5 Å². The van der Waals surface area contributed by atoms with Gasteiger partial charge < -0.3 is 5.32 Å². The SMILES string of the molecule is CN1CCC(Nc2ncccc2[N+](=O)[O-])C1c1ccc(Cl)cc1. The molecule has 1 saturated heterocycles. The first-order valence-corrected chi connectivity index (χ1v) is 7.75. The fourth-order valence-electron chi connectivity index (χ4n) is 3.08. The molecule has 1 aromatic carbocycles. The lowest BCUT2D eigenvalue weighted by molar-refractivity contribution is -0.384. The molecule has 0 radical (unpaired) electrons. The van der Waals surface area contributed by atoms with E-state index in [2.05, 4.69) is 15.2 Å². The van der Waals surface area contributed by atoms with E-state index in [-0.39, 0.29) is 17.8 Å². The van der Waals surface area contributed by atoms with E-state index in [0.717, 1.165) is 18.5 Å². The van der Waals surface area contributed by atoms with E-state index in [0.29, 0.717) is 10.8 Å². The third-order valence-corrected chi connectivity index (χ3v) is 4.42. The van der Waals surface area contributed by atoms with Crippen LogP contribution in [0.5, 0.6) is 0 Å². The van der Waals surface area contributed by atoms with Crippen molar-refractivity contribution in [2.75, 3.05) is 18.9 Å². The smallest absolute Gasteiger partial charge is 0.311 e. The average molecular weight is 333 g/mol. The van der Waals surface area contributed by atoms with Gasteiger partial charge >= 0.3 is 5.69 Å². The molecule has 0 spiro atoms. The van der Waals surface area contributed by atoms with Gasteiger partial charge in [-0.2, -0.15) is 0 Å². The van der Waals surface area contributed by atoms with Crippen molar-refractivity contribution in [1.29, 1.82) is 0 Å². The minimum absolute atomic E-state index is 0.00286.